The molecule has 0 bridgehead atoms. The normalized spacial score (nSPS) is 14.9. The van der Waals surface area contributed by atoms with Gasteiger partial charge in [0.15, 0.2) is 5.82 Å². The van der Waals surface area contributed by atoms with E-state index in [9.17, 15) is 0 Å². The van der Waals surface area contributed by atoms with Crippen molar-refractivity contribution in [3.8, 4) is 0 Å². The third-order valence-electron chi connectivity index (χ3n) is 3.82. The molecule has 2 heterocycles. The average Bonchev–Trinajstić information content (AvgIpc) is 2.89. The molecule has 0 saturated heterocycles. The van der Waals surface area contributed by atoms with Gasteiger partial charge >= 0.3 is 0 Å². The van der Waals surface area contributed by atoms with Gasteiger partial charge in [-0.3, -0.25) is 0 Å². The SMILES string of the molecule is C[C@H](c1nc(N)nc(N(C)C)n1)N1CCc2ccccc21. The van der Waals surface area contributed by atoms with Crippen LogP contribution in [0.25, 0.3) is 0 Å². The molecule has 1 aliphatic heterocycles. The molecule has 0 fully saturated rings. The van der Waals surface area contributed by atoms with E-state index in [4.69, 9.17) is 5.73 Å². The zero-order valence-corrected chi connectivity index (χ0v) is 12.6. The number of fused-ring (bicyclic) bond motifs is 1. The Morgan fingerprint density at radius 3 is 2.71 bits per heavy atom. The minimum Gasteiger partial charge on any atom is -0.368 e. The van der Waals surface area contributed by atoms with Gasteiger partial charge in [0.1, 0.15) is 0 Å². The Kier molecular flexibility index (Phi) is 3.37. The van der Waals surface area contributed by atoms with Gasteiger partial charge in [-0.15, -0.1) is 0 Å². The Morgan fingerprint density at radius 1 is 1.19 bits per heavy atom. The number of hydrogen-bond donors (Lipinski definition) is 1. The van der Waals surface area contributed by atoms with Crippen molar-refractivity contribution in [3.05, 3.63) is 35.7 Å². The third kappa shape index (κ3) is 2.49. The van der Waals surface area contributed by atoms with E-state index in [0.29, 0.717) is 11.8 Å². The molecule has 3 rings (SSSR count). The number of hydrogen-bond acceptors (Lipinski definition) is 6. The van der Waals surface area contributed by atoms with E-state index in [1.54, 1.807) is 0 Å². The van der Waals surface area contributed by atoms with E-state index in [1.165, 1.54) is 11.3 Å². The zero-order valence-electron chi connectivity index (χ0n) is 12.6. The highest BCUT2D eigenvalue weighted by Crippen LogP contribution is 2.34. The summed E-state index contributed by atoms with van der Waals surface area (Å²) in [7, 11) is 3.79. The lowest BCUT2D eigenvalue weighted by molar-refractivity contribution is 0.648. The van der Waals surface area contributed by atoms with Crippen molar-refractivity contribution in [1.82, 2.24) is 15.0 Å². The molecule has 0 aliphatic carbocycles. The molecule has 6 nitrogen and oxygen atoms in total. The highest BCUT2D eigenvalue weighted by molar-refractivity contribution is 5.59. The van der Waals surface area contributed by atoms with Gasteiger partial charge in [0, 0.05) is 26.3 Å². The molecule has 0 unspecified atom stereocenters. The first kappa shape index (κ1) is 13.6. The number of nitrogens with zero attached hydrogens (tertiary/aromatic N) is 5. The predicted molar refractivity (Wildman–Crippen MR) is 84.5 cm³/mol. The highest BCUT2D eigenvalue weighted by Gasteiger charge is 2.26. The van der Waals surface area contributed by atoms with E-state index < -0.39 is 0 Å². The van der Waals surface area contributed by atoms with Gasteiger partial charge in [0.25, 0.3) is 0 Å². The Labute approximate surface area is 124 Å². The molecule has 0 saturated carbocycles. The number of nitrogen functional groups attached to an aromatic ring is 1. The fraction of sp³-hybridized carbons (Fsp3) is 0.400. The Bertz CT molecular complexity index is 654. The Hall–Kier alpha value is -2.37. The number of nitrogens with two attached hydrogens (primary N) is 1. The second-order valence-corrected chi connectivity index (χ2v) is 5.49. The molecule has 1 atom stereocenters. The number of anilines is 3. The van der Waals surface area contributed by atoms with Crippen molar-refractivity contribution in [2.45, 2.75) is 19.4 Å². The van der Waals surface area contributed by atoms with Crippen LogP contribution in [0.4, 0.5) is 17.6 Å². The molecule has 0 radical (unpaired) electrons. The molecule has 2 aromatic rings. The first-order valence-electron chi connectivity index (χ1n) is 7.09. The highest BCUT2D eigenvalue weighted by atomic mass is 15.3. The summed E-state index contributed by atoms with van der Waals surface area (Å²) in [5.74, 6) is 1.57. The van der Waals surface area contributed by atoms with Crippen LogP contribution in [0.15, 0.2) is 24.3 Å². The Morgan fingerprint density at radius 2 is 1.95 bits per heavy atom. The topological polar surface area (TPSA) is 71.2 Å². The summed E-state index contributed by atoms with van der Waals surface area (Å²) in [5, 5.41) is 0. The fourth-order valence-electron chi connectivity index (χ4n) is 2.69. The molecule has 6 heteroatoms. The summed E-state index contributed by atoms with van der Waals surface area (Å²) in [6.07, 6.45) is 1.06. The van der Waals surface area contributed by atoms with Crippen LogP contribution in [0.5, 0.6) is 0 Å². The van der Waals surface area contributed by atoms with Gasteiger partial charge in [-0.25, -0.2) is 0 Å². The van der Waals surface area contributed by atoms with Crippen LogP contribution < -0.4 is 15.5 Å². The molecular formula is C15H20N6. The Balaban J connectivity index is 1.95. The molecular weight excluding hydrogens is 264 g/mol. The van der Waals surface area contributed by atoms with Gasteiger partial charge in [0.2, 0.25) is 11.9 Å². The molecule has 1 aromatic carbocycles. The molecule has 0 amide bonds. The van der Waals surface area contributed by atoms with Crippen molar-refractivity contribution >= 4 is 17.6 Å². The van der Waals surface area contributed by atoms with Crippen LogP contribution in [0, 0.1) is 0 Å². The van der Waals surface area contributed by atoms with Gasteiger partial charge in [-0.1, -0.05) is 18.2 Å². The largest absolute Gasteiger partial charge is 0.368 e. The van der Waals surface area contributed by atoms with Crippen molar-refractivity contribution in [1.29, 1.82) is 0 Å². The second-order valence-electron chi connectivity index (χ2n) is 5.49. The first-order chi connectivity index (χ1) is 10.1. The number of para-hydroxylation sites is 1. The summed E-state index contributed by atoms with van der Waals surface area (Å²) in [6.45, 7) is 3.08. The van der Waals surface area contributed by atoms with Gasteiger partial charge in [-0.05, 0) is 25.0 Å². The predicted octanol–water partition coefficient (Wildman–Crippen LogP) is 1.64. The molecule has 1 aromatic heterocycles. The number of benzene rings is 1. The fourth-order valence-corrected chi connectivity index (χ4v) is 2.69. The number of rotatable bonds is 3. The van der Waals surface area contributed by atoms with Crippen molar-refractivity contribution in [2.75, 3.05) is 36.2 Å². The van der Waals surface area contributed by atoms with Gasteiger partial charge in [-0.2, -0.15) is 15.0 Å². The number of aromatic nitrogens is 3. The van der Waals surface area contributed by atoms with Crippen LogP contribution in [0.3, 0.4) is 0 Å². The van der Waals surface area contributed by atoms with Crippen LogP contribution in [-0.2, 0) is 6.42 Å². The van der Waals surface area contributed by atoms with E-state index in [0.717, 1.165) is 13.0 Å². The third-order valence-corrected chi connectivity index (χ3v) is 3.82. The first-order valence-corrected chi connectivity index (χ1v) is 7.09. The van der Waals surface area contributed by atoms with E-state index in [2.05, 4.69) is 51.0 Å². The summed E-state index contributed by atoms with van der Waals surface area (Å²) in [4.78, 5) is 17.2. The van der Waals surface area contributed by atoms with Crippen molar-refractivity contribution in [3.63, 3.8) is 0 Å². The van der Waals surface area contributed by atoms with Crippen LogP contribution in [-0.4, -0.2) is 35.6 Å². The average molecular weight is 284 g/mol. The second kappa shape index (κ2) is 5.20. The monoisotopic (exact) mass is 284 g/mol. The minimum absolute atomic E-state index is 0.0673. The van der Waals surface area contributed by atoms with E-state index in [-0.39, 0.29) is 12.0 Å². The van der Waals surface area contributed by atoms with Gasteiger partial charge < -0.3 is 15.5 Å². The minimum atomic E-state index is 0.0673. The van der Waals surface area contributed by atoms with E-state index >= 15 is 0 Å². The lowest BCUT2D eigenvalue weighted by Crippen LogP contribution is -2.27. The maximum absolute atomic E-state index is 5.82. The zero-order chi connectivity index (χ0) is 15.0. The molecule has 0 spiro atoms. The van der Waals surface area contributed by atoms with Crippen LogP contribution in [0.2, 0.25) is 0 Å². The van der Waals surface area contributed by atoms with Crippen molar-refractivity contribution < 1.29 is 0 Å². The summed E-state index contributed by atoms with van der Waals surface area (Å²) in [5.41, 5.74) is 8.45. The van der Waals surface area contributed by atoms with Crippen molar-refractivity contribution in [2.24, 2.45) is 0 Å². The standard InChI is InChI=1S/C15H20N6/c1-10(13-17-14(16)19-15(18-13)20(2)3)21-9-8-11-6-4-5-7-12(11)21/h4-7,10H,8-9H2,1-3H3,(H2,16,17,18,19)/t10-/m1/s1. The van der Waals surface area contributed by atoms with E-state index in [1.807, 2.05) is 19.0 Å². The summed E-state index contributed by atoms with van der Waals surface area (Å²) >= 11 is 0. The van der Waals surface area contributed by atoms with Crippen LogP contribution in [0.1, 0.15) is 24.4 Å². The molecule has 110 valence electrons. The lowest BCUT2D eigenvalue weighted by Gasteiger charge is -2.26. The van der Waals surface area contributed by atoms with Crippen LogP contribution >= 0.6 is 0 Å². The maximum Gasteiger partial charge on any atom is 0.229 e. The van der Waals surface area contributed by atoms with Gasteiger partial charge in [0.05, 0.1) is 6.04 Å². The molecule has 21 heavy (non-hydrogen) atoms. The quantitative estimate of drug-likeness (QED) is 0.924. The molecule has 2 N–H and O–H groups in total. The summed E-state index contributed by atoms with van der Waals surface area (Å²) in [6, 6.07) is 8.54. The lowest BCUT2D eigenvalue weighted by atomic mass is 10.2. The maximum atomic E-state index is 5.82. The smallest absolute Gasteiger partial charge is 0.229 e. The molecule has 1 aliphatic rings. The summed E-state index contributed by atoms with van der Waals surface area (Å²) < 4.78 is 0.